The molecule has 0 bridgehead atoms. The lowest BCUT2D eigenvalue weighted by molar-refractivity contribution is 0.523. The molecule has 0 saturated carbocycles. The van der Waals surface area contributed by atoms with Gasteiger partial charge in [0.05, 0.1) is 0 Å². The van der Waals surface area contributed by atoms with E-state index in [1.807, 2.05) is 0 Å². The van der Waals surface area contributed by atoms with Crippen LogP contribution in [0.1, 0.15) is 74.9 Å². The molecule has 0 nitrogen and oxygen atoms in total. The second kappa shape index (κ2) is 4.40. The van der Waals surface area contributed by atoms with Gasteiger partial charge < -0.3 is 0 Å². The molecule has 0 aliphatic carbocycles. The summed E-state index contributed by atoms with van der Waals surface area (Å²) in [6, 6.07) is 0. The maximum Gasteiger partial charge on any atom is -0.0126 e. The van der Waals surface area contributed by atoms with Crippen LogP contribution in [0.15, 0.2) is 0 Å². The van der Waals surface area contributed by atoms with E-state index in [0.29, 0.717) is 0 Å². The van der Waals surface area contributed by atoms with Crippen molar-refractivity contribution in [2.75, 3.05) is 0 Å². The predicted molar refractivity (Wildman–Crippen MR) is 82.8 cm³/mol. The van der Waals surface area contributed by atoms with Gasteiger partial charge in [-0.05, 0) is 71.9 Å². The molecule has 0 N–H and O–H groups in total. The fraction of sp³-hybridized carbons (Fsp3) is 0.667. The van der Waals surface area contributed by atoms with Crippen LogP contribution in [0.25, 0.3) is 0 Å². The van der Waals surface area contributed by atoms with Gasteiger partial charge in [0.25, 0.3) is 0 Å². The summed E-state index contributed by atoms with van der Waals surface area (Å²) in [5.41, 5.74) is 9.40. The van der Waals surface area contributed by atoms with Crippen LogP contribution in [0.5, 0.6) is 0 Å². The molecule has 0 saturated heterocycles. The van der Waals surface area contributed by atoms with E-state index in [9.17, 15) is 0 Å². The molecule has 0 amide bonds. The van der Waals surface area contributed by atoms with Crippen LogP contribution >= 0.6 is 0 Å². The molecule has 0 aromatic heterocycles. The van der Waals surface area contributed by atoms with Crippen molar-refractivity contribution < 1.29 is 0 Å². The van der Waals surface area contributed by atoms with Gasteiger partial charge in [0.15, 0.2) is 0 Å². The summed E-state index contributed by atoms with van der Waals surface area (Å²) in [4.78, 5) is 0. The van der Waals surface area contributed by atoms with Crippen LogP contribution in [-0.4, -0.2) is 0 Å². The van der Waals surface area contributed by atoms with Gasteiger partial charge in [-0.15, -0.1) is 0 Å². The Labute approximate surface area is 114 Å². The number of rotatable bonds is 0. The van der Waals surface area contributed by atoms with E-state index >= 15 is 0 Å². The Morgan fingerprint density at radius 1 is 0.444 bits per heavy atom. The van der Waals surface area contributed by atoms with Crippen LogP contribution < -0.4 is 0 Å². The van der Waals surface area contributed by atoms with Crippen molar-refractivity contribution in [1.29, 1.82) is 0 Å². The van der Waals surface area contributed by atoms with Crippen molar-refractivity contribution in [1.82, 2.24) is 0 Å². The van der Waals surface area contributed by atoms with Gasteiger partial charge in [-0.3, -0.25) is 0 Å². The van der Waals surface area contributed by atoms with E-state index in [4.69, 9.17) is 0 Å². The summed E-state index contributed by atoms with van der Waals surface area (Å²) < 4.78 is 0. The maximum absolute atomic E-state index is 2.33. The quantitative estimate of drug-likeness (QED) is 0.566. The molecule has 0 unspecified atom stereocenters. The first-order valence-corrected chi connectivity index (χ1v) is 7.00. The van der Waals surface area contributed by atoms with Gasteiger partial charge in [-0.2, -0.15) is 0 Å². The first-order chi connectivity index (χ1) is 7.89. The SMILES string of the molecule is Cc1c(C)c(C)c(C(C)(C)C)c(C(C)(C)C)c1C. The summed E-state index contributed by atoms with van der Waals surface area (Å²) >= 11 is 0. The van der Waals surface area contributed by atoms with Crippen molar-refractivity contribution >= 4 is 0 Å². The Kier molecular flexibility index (Phi) is 3.74. The zero-order valence-electron chi connectivity index (χ0n) is 14.0. The van der Waals surface area contributed by atoms with Gasteiger partial charge in [0.2, 0.25) is 0 Å². The van der Waals surface area contributed by atoms with Crippen LogP contribution in [0.4, 0.5) is 0 Å². The third-order valence-corrected chi connectivity index (χ3v) is 4.19. The fourth-order valence-corrected chi connectivity index (χ4v) is 3.19. The lowest BCUT2D eigenvalue weighted by atomic mass is 9.69. The van der Waals surface area contributed by atoms with Crippen molar-refractivity contribution in [2.24, 2.45) is 0 Å². The van der Waals surface area contributed by atoms with Crippen LogP contribution in [0.3, 0.4) is 0 Å². The molecule has 1 aromatic rings. The zero-order valence-corrected chi connectivity index (χ0v) is 14.0. The molecule has 0 spiro atoms. The van der Waals surface area contributed by atoms with Gasteiger partial charge in [-0.1, -0.05) is 41.5 Å². The molecule has 1 aromatic carbocycles. The average molecular weight is 246 g/mol. The van der Waals surface area contributed by atoms with E-state index in [0.717, 1.165) is 0 Å². The number of hydrogen-bond donors (Lipinski definition) is 0. The van der Waals surface area contributed by atoms with Crippen molar-refractivity contribution in [3.05, 3.63) is 33.4 Å². The summed E-state index contributed by atoms with van der Waals surface area (Å²) in [6.07, 6.45) is 0. The molecular weight excluding hydrogens is 216 g/mol. The van der Waals surface area contributed by atoms with Crippen LogP contribution in [-0.2, 0) is 10.8 Å². The van der Waals surface area contributed by atoms with Crippen molar-refractivity contribution in [3.8, 4) is 0 Å². The Morgan fingerprint density at radius 3 is 0.833 bits per heavy atom. The highest BCUT2D eigenvalue weighted by molar-refractivity contribution is 5.54. The van der Waals surface area contributed by atoms with Crippen molar-refractivity contribution in [2.45, 2.75) is 80.1 Å². The molecule has 0 aliphatic rings. The minimum absolute atomic E-state index is 0.204. The minimum Gasteiger partial charge on any atom is -0.0561 e. The van der Waals surface area contributed by atoms with E-state index in [2.05, 4.69) is 69.2 Å². The van der Waals surface area contributed by atoms with Gasteiger partial charge in [-0.25, -0.2) is 0 Å². The van der Waals surface area contributed by atoms with Gasteiger partial charge in [0, 0.05) is 0 Å². The highest BCUT2D eigenvalue weighted by Crippen LogP contribution is 2.40. The topological polar surface area (TPSA) is 0 Å². The summed E-state index contributed by atoms with van der Waals surface area (Å²) in [5, 5.41) is 0. The lowest BCUT2D eigenvalue weighted by Gasteiger charge is -2.35. The standard InChI is InChI=1S/C18H30/c1-11-12(2)14(4)16(18(8,9)10)15(13(11)3)17(5,6)7/h1-10H3. The third-order valence-electron chi connectivity index (χ3n) is 4.19. The normalized spacial score (nSPS) is 13.0. The largest absolute Gasteiger partial charge is 0.0561 e. The number of benzene rings is 1. The predicted octanol–water partition coefficient (Wildman–Crippen LogP) is 5.52. The molecule has 0 heteroatoms. The molecular formula is C18H30. The Balaban J connectivity index is 3.89. The first-order valence-electron chi connectivity index (χ1n) is 7.00. The fourth-order valence-electron chi connectivity index (χ4n) is 3.19. The average Bonchev–Trinajstić information content (AvgIpc) is 2.16. The second-order valence-electron chi connectivity index (χ2n) is 7.75. The monoisotopic (exact) mass is 246 g/mol. The highest BCUT2D eigenvalue weighted by atomic mass is 14.3. The summed E-state index contributed by atoms with van der Waals surface area (Å²) in [6.45, 7) is 23.1. The second-order valence-corrected chi connectivity index (χ2v) is 7.75. The van der Waals surface area contributed by atoms with E-state index < -0.39 is 0 Å². The smallest absolute Gasteiger partial charge is 0.0126 e. The highest BCUT2D eigenvalue weighted by Gasteiger charge is 2.30. The van der Waals surface area contributed by atoms with E-state index in [1.54, 1.807) is 11.1 Å². The Hall–Kier alpha value is -0.780. The molecule has 0 heterocycles. The molecule has 102 valence electrons. The minimum atomic E-state index is 0.204. The van der Waals surface area contributed by atoms with Crippen LogP contribution in [0.2, 0.25) is 0 Å². The number of hydrogen-bond acceptors (Lipinski definition) is 0. The lowest BCUT2D eigenvalue weighted by Crippen LogP contribution is -2.26. The maximum atomic E-state index is 2.33. The van der Waals surface area contributed by atoms with Gasteiger partial charge in [0.1, 0.15) is 0 Å². The van der Waals surface area contributed by atoms with Crippen molar-refractivity contribution in [3.63, 3.8) is 0 Å². The molecule has 0 fully saturated rings. The first kappa shape index (κ1) is 15.3. The van der Waals surface area contributed by atoms with E-state index in [-0.39, 0.29) is 10.8 Å². The molecule has 0 atom stereocenters. The molecule has 1 rings (SSSR count). The van der Waals surface area contributed by atoms with Crippen LogP contribution in [0, 0.1) is 27.7 Å². The zero-order chi connectivity index (χ0) is 14.5. The summed E-state index contributed by atoms with van der Waals surface area (Å²) in [5.74, 6) is 0. The summed E-state index contributed by atoms with van der Waals surface area (Å²) in [7, 11) is 0. The third kappa shape index (κ3) is 2.48. The Bertz CT molecular complexity index is 418. The van der Waals surface area contributed by atoms with E-state index in [1.165, 1.54) is 22.3 Å². The van der Waals surface area contributed by atoms with Gasteiger partial charge >= 0.3 is 0 Å². The molecule has 0 radical (unpaired) electrons. The molecule has 18 heavy (non-hydrogen) atoms. The Morgan fingerprint density at radius 2 is 0.667 bits per heavy atom. The molecule has 0 aliphatic heterocycles.